The Balaban J connectivity index is 1.61. The van der Waals surface area contributed by atoms with Crippen LogP contribution in [0.3, 0.4) is 0 Å². The molecule has 1 amide bonds. The topological polar surface area (TPSA) is 76.4 Å². The molecule has 0 aliphatic heterocycles. The minimum atomic E-state index is -0.117. The molecule has 3 aromatic rings. The van der Waals surface area contributed by atoms with Crippen LogP contribution in [0.2, 0.25) is 0 Å². The molecular weight excluding hydrogens is 338 g/mol. The largest absolute Gasteiger partial charge is 0.455 e. The Morgan fingerprint density at radius 1 is 0.926 bits per heavy atom. The second kappa shape index (κ2) is 7.41. The Kier molecular flexibility index (Phi) is 4.66. The van der Waals surface area contributed by atoms with Gasteiger partial charge < -0.3 is 21.1 Å². The quantitative estimate of drug-likeness (QED) is 0.558. The first-order valence-corrected chi connectivity index (χ1v) is 8.98. The third kappa shape index (κ3) is 4.20. The van der Waals surface area contributed by atoms with E-state index in [0.717, 1.165) is 24.3 Å². The molecule has 0 heterocycles. The van der Waals surface area contributed by atoms with Crippen LogP contribution in [0, 0.1) is 0 Å². The maximum Gasteiger partial charge on any atom is 0.253 e. The highest BCUT2D eigenvalue weighted by molar-refractivity contribution is 6.01. The summed E-state index contributed by atoms with van der Waals surface area (Å²) in [5.74, 6) is 1.30. The van der Waals surface area contributed by atoms with E-state index in [0.29, 0.717) is 22.7 Å². The summed E-state index contributed by atoms with van der Waals surface area (Å²) in [7, 11) is 0. The van der Waals surface area contributed by atoms with Crippen molar-refractivity contribution in [3.8, 4) is 11.5 Å². The summed E-state index contributed by atoms with van der Waals surface area (Å²) in [6, 6.07) is 22.8. The number of amides is 1. The van der Waals surface area contributed by atoms with E-state index in [-0.39, 0.29) is 11.9 Å². The SMILES string of the molecule is Nc1ccc(Nc2ccccc2Oc2ccccc2)c(C(=O)NC2CC2)c1. The predicted octanol–water partition coefficient (Wildman–Crippen LogP) is 4.70. The number of nitrogen functional groups attached to an aromatic ring is 1. The van der Waals surface area contributed by atoms with Gasteiger partial charge in [0, 0.05) is 11.7 Å². The summed E-state index contributed by atoms with van der Waals surface area (Å²) < 4.78 is 5.99. The average molecular weight is 359 g/mol. The molecule has 1 fully saturated rings. The molecule has 1 aliphatic carbocycles. The fourth-order valence-corrected chi connectivity index (χ4v) is 2.77. The van der Waals surface area contributed by atoms with Crippen molar-refractivity contribution in [2.24, 2.45) is 0 Å². The molecular formula is C22H21N3O2. The van der Waals surface area contributed by atoms with E-state index in [1.54, 1.807) is 12.1 Å². The molecule has 136 valence electrons. The van der Waals surface area contributed by atoms with Crippen LogP contribution in [0.15, 0.2) is 72.8 Å². The Bertz CT molecular complexity index is 953. The zero-order chi connectivity index (χ0) is 18.6. The van der Waals surface area contributed by atoms with Crippen LogP contribution in [-0.4, -0.2) is 11.9 Å². The smallest absolute Gasteiger partial charge is 0.253 e. The van der Waals surface area contributed by atoms with E-state index in [1.165, 1.54) is 0 Å². The molecule has 0 atom stereocenters. The van der Waals surface area contributed by atoms with Crippen molar-refractivity contribution in [3.05, 3.63) is 78.4 Å². The van der Waals surface area contributed by atoms with Crippen molar-refractivity contribution < 1.29 is 9.53 Å². The fourth-order valence-electron chi connectivity index (χ4n) is 2.77. The Morgan fingerprint density at radius 3 is 2.44 bits per heavy atom. The summed E-state index contributed by atoms with van der Waals surface area (Å²) in [4.78, 5) is 12.6. The van der Waals surface area contributed by atoms with Gasteiger partial charge in [0.2, 0.25) is 0 Å². The highest BCUT2D eigenvalue weighted by Crippen LogP contribution is 2.33. The zero-order valence-electron chi connectivity index (χ0n) is 14.8. The number of para-hydroxylation sites is 3. The molecule has 27 heavy (non-hydrogen) atoms. The summed E-state index contributed by atoms with van der Waals surface area (Å²) in [5, 5.41) is 6.33. The van der Waals surface area contributed by atoms with Gasteiger partial charge in [-0.05, 0) is 55.3 Å². The third-order valence-electron chi connectivity index (χ3n) is 4.33. The normalized spacial score (nSPS) is 13.0. The molecule has 4 rings (SSSR count). The number of carbonyl (C=O) groups is 1. The lowest BCUT2D eigenvalue weighted by Crippen LogP contribution is -2.26. The van der Waals surface area contributed by atoms with Gasteiger partial charge in [-0.25, -0.2) is 0 Å². The van der Waals surface area contributed by atoms with E-state index in [9.17, 15) is 4.79 Å². The van der Waals surface area contributed by atoms with Gasteiger partial charge in [0.1, 0.15) is 5.75 Å². The maximum atomic E-state index is 12.6. The van der Waals surface area contributed by atoms with E-state index in [4.69, 9.17) is 10.5 Å². The lowest BCUT2D eigenvalue weighted by Gasteiger charge is -2.16. The molecule has 0 unspecified atom stereocenters. The zero-order valence-corrected chi connectivity index (χ0v) is 14.8. The van der Waals surface area contributed by atoms with Gasteiger partial charge >= 0.3 is 0 Å². The summed E-state index contributed by atoms with van der Waals surface area (Å²) in [5.41, 5.74) is 8.44. The molecule has 1 aliphatic rings. The van der Waals surface area contributed by atoms with E-state index >= 15 is 0 Å². The van der Waals surface area contributed by atoms with Gasteiger partial charge in [-0.2, -0.15) is 0 Å². The monoisotopic (exact) mass is 359 g/mol. The van der Waals surface area contributed by atoms with Crippen LogP contribution in [-0.2, 0) is 0 Å². The van der Waals surface area contributed by atoms with Gasteiger partial charge in [0.15, 0.2) is 5.75 Å². The molecule has 4 N–H and O–H groups in total. The number of hydrogen-bond acceptors (Lipinski definition) is 4. The first-order valence-electron chi connectivity index (χ1n) is 8.98. The number of benzene rings is 3. The summed E-state index contributed by atoms with van der Waals surface area (Å²) in [6.07, 6.45) is 2.06. The molecule has 5 heteroatoms. The maximum absolute atomic E-state index is 12.6. The second-order valence-corrected chi connectivity index (χ2v) is 6.59. The van der Waals surface area contributed by atoms with Crippen molar-refractivity contribution in [2.45, 2.75) is 18.9 Å². The molecule has 0 aromatic heterocycles. The fraction of sp³-hybridized carbons (Fsp3) is 0.136. The standard InChI is InChI=1S/C22H21N3O2/c23-15-10-13-19(18(14-15)22(26)24-16-11-12-16)25-20-8-4-5-9-21(20)27-17-6-2-1-3-7-17/h1-10,13-14,16,25H,11-12,23H2,(H,24,26). The highest BCUT2D eigenvalue weighted by Gasteiger charge is 2.25. The van der Waals surface area contributed by atoms with Crippen LogP contribution in [0.4, 0.5) is 17.1 Å². The molecule has 0 bridgehead atoms. The third-order valence-corrected chi connectivity index (χ3v) is 4.33. The minimum Gasteiger partial charge on any atom is -0.455 e. The van der Waals surface area contributed by atoms with Gasteiger partial charge in [0.25, 0.3) is 5.91 Å². The van der Waals surface area contributed by atoms with Crippen LogP contribution < -0.4 is 21.1 Å². The van der Waals surface area contributed by atoms with E-state index in [2.05, 4.69) is 10.6 Å². The Morgan fingerprint density at radius 2 is 1.67 bits per heavy atom. The first kappa shape index (κ1) is 17.0. The Labute approximate surface area is 158 Å². The van der Waals surface area contributed by atoms with Crippen LogP contribution in [0.1, 0.15) is 23.2 Å². The molecule has 3 aromatic carbocycles. The minimum absolute atomic E-state index is 0.117. The van der Waals surface area contributed by atoms with Crippen molar-refractivity contribution in [3.63, 3.8) is 0 Å². The Hall–Kier alpha value is -3.47. The number of nitrogens with two attached hydrogens (primary N) is 1. The number of hydrogen-bond donors (Lipinski definition) is 3. The predicted molar refractivity (Wildman–Crippen MR) is 108 cm³/mol. The summed E-state index contributed by atoms with van der Waals surface area (Å²) in [6.45, 7) is 0. The highest BCUT2D eigenvalue weighted by atomic mass is 16.5. The lowest BCUT2D eigenvalue weighted by atomic mass is 10.1. The van der Waals surface area contributed by atoms with Crippen LogP contribution in [0.25, 0.3) is 0 Å². The molecule has 0 radical (unpaired) electrons. The summed E-state index contributed by atoms with van der Waals surface area (Å²) >= 11 is 0. The second-order valence-electron chi connectivity index (χ2n) is 6.59. The van der Waals surface area contributed by atoms with Gasteiger partial charge in [-0.3, -0.25) is 4.79 Å². The van der Waals surface area contributed by atoms with Crippen molar-refractivity contribution >= 4 is 23.0 Å². The number of carbonyl (C=O) groups excluding carboxylic acids is 1. The first-order chi connectivity index (χ1) is 13.2. The number of anilines is 3. The average Bonchev–Trinajstić information content (AvgIpc) is 3.49. The molecule has 0 spiro atoms. The molecule has 5 nitrogen and oxygen atoms in total. The van der Waals surface area contributed by atoms with Gasteiger partial charge in [-0.1, -0.05) is 30.3 Å². The molecule has 1 saturated carbocycles. The van der Waals surface area contributed by atoms with Crippen LogP contribution >= 0.6 is 0 Å². The van der Waals surface area contributed by atoms with Crippen molar-refractivity contribution in [1.29, 1.82) is 0 Å². The van der Waals surface area contributed by atoms with Crippen molar-refractivity contribution in [2.75, 3.05) is 11.1 Å². The number of nitrogens with one attached hydrogen (secondary N) is 2. The van der Waals surface area contributed by atoms with Crippen LogP contribution in [0.5, 0.6) is 11.5 Å². The van der Waals surface area contributed by atoms with Crippen molar-refractivity contribution in [1.82, 2.24) is 5.32 Å². The van der Waals surface area contributed by atoms with E-state index in [1.807, 2.05) is 60.7 Å². The molecule has 0 saturated heterocycles. The van der Waals surface area contributed by atoms with Gasteiger partial charge in [0.05, 0.1) is 16.9 Å². The lowest BCUT2D eigenvalue weighted by molar-refractivity contribution is 0.0952. The number of ether oxygens (including phenoxy) is 1. The number of rotatable bonds is 6. The van der Waals surface area contributed by atoms with E-state index < -0.39 is 0 Å². The van der Waals surface area contributed by atoms with Gasteiger partial charge in [-0.15, -0.1) is 0 Å².